The van der Waals surface area contributed by atoms with E-state index in [0.717, 1.165) is 12.0 Å². The molecule has 0 aromatic carbocycles. The number of thiophene rings is 1. The van der Waals surface area contributed by atoms with E-state index in [1.165, 1.54) is 50.3 Å². The van der Waals surface area contributed by atoms with Gasteiger partial charge in [-0.2, -0.15) is 0 Å². The lowest BCUT2D eigenvalue weighted by molar-refractivity contribution is 0.110. The van der Waals surface area contributed by atoms with Crippen LogP contribution in [0.1, 0.15) is 24.1 Å². The monoisotopic (exact) mass is 236 g/mol. The Morgan fingerprint density at radius 3 is 3.31 bits per heavy atom. The van der Waals surface area contributed by atoms with E-state index >= 15 is 0 Å². The molecule has 3 heteroatoms. The summed E-state index contributed by atoms with van der Waals surface area (Å²) in [7, 11) is 0. The average molecular weight is 236 g/mol. The second kappa shape index (κ2) is 4.86. The predicted octanol–water partition coefficient (Wildman–Crippen LogP) is 2.32. The molecule has 88 valence electrons. The number of piperidine rings is 2. The molecule has 0 spiro atoms. The number of likely N-dealkylation sites (tertiary alicyclic amines) is 1. The van der Waals surface area contributed by atoms with Gasteiger partial charge >= 0.3 is 0 Å². The summed E-state index contributed by atoms with van der Waals surface area (Å²) >= 11 is 1.89. The van der Waals surface area contributed by atoms with Gasteiger partial charge in [0.2, 0.25) is 0 Å². The summed E-state index contributed by atoms with van der Waals surface area (Å²) in [5.74, 6) is 0.905. The largest absolute Gasteiger partial charge is 0.314 e. The Morgan fingerprint density at radius 1 is 1.44 bits per heavy atom. The highest BCUT2D eigenvalue weighted by atomic mass is 32.1. The normalized spacial score (nSPS) is 31.2. The SMILES string of the molecule is c1csc(CN2CCC3NCCCC3C2)c1. The zero-order chi connectivity index (χ0) is 10.8. The minimum atomic E-state index is 0.813. The Balaban J connectivity index is 1.58. The van der Waals surface area contributed by atoms with Gasteiger partial charge in [-0.25, -0.2) is 0 Å². The fraction of sp³-hybridized carbons (Fsp3) is 0.692. The first-order valence-corrected chi connectivity index (χ1v) is 7.28. The maximum Gasteiger partial charge on any atom is 0.0328 e. The first kappa shape index (κ1) is 10.8. The topological polar surface area (TPSA) is 15.3 Å². The van der Waals surface area contributed by atoms with Crippen molar-refractivity contribution in [2.45, 2.75) is 31.8 Å². The van der Waals surface area contributed by atoms with Crippen LogP contribution in [0.3, 0.4) is 0 Å². The van der Waals surface area contributed by atoms with Crippen LogP contribution in [0.15, 0.2) is 17.5 Å². The summed E-state index contributed by atoms with van der Waals surface area (Å²) in [6, 6.07) is 5.23. The van der Waals surface area contributed by atoms with Crippen molar-refractivity contribution in [2.24, 2.45) is 5.92 Å². The van der Waals surface area contributed by atoms with Gasteiger partial charge in [0.15, 0.2) is 0 Å². The molecule has 2 saturated heterocycles. The molecule has 0 aliphatic carbocycles. The molecule has 0 radical (unpaired) electrons. The van der Waals surface area contributed by atoms with Gasteiger partial charge in [0.25, 0.3) is 0 Å². The number of hydrogen-bond acceptors (Lipinski definition) is 3. The minimum Gasteiger partial charge on any atom is -0.314 e. The van der Waals surface area contributed by atoms with Gasteiger partial charge in [-0.15, -0.1) is 11.3 Å². The zero-order valence-electron chi connectivity index (χ0n) is 9.69. The lowest BCUT2D eigenvalue weighted by atomic mass is 9.85. The number of nitrogens with zero attached hydrogens (tertiary/aromatic N) is 1. The predicted molar refractivity (Wildman–Crippen MR) is 68.7 cm³/mol. The Hall–Kier alpha value is -0.380. The molecule has 0 amide bonds. The van der Waals surface area contributed by atoms with Crippen LogP contribution in [-0.4, -0.2) is 30.6 Å². The van der Waals surface area contributed by atoms with Gasteiger partial charge in [-0.05, 0) is 43.2 Å². The Morgan fingerprint density at radius 2 is 2.44 bits per heavy atom. The summed E-state index contributed by atoms with van der Waals surface area (Å²) in [4.78, 5) is 4.15. The molecule has 2 nitrogen and oxygen atoms in total. The van der Waals surface area contributed by atoms with Crippen LogP contribution in [0.4, 0.5) is 0 Å². The van der Waals surface area contributed by atoms with E-state index in [1.807, 2.05) is 11.3 Å². The third-order valence-electron chi connectivity index (χ3n) is 3.94. The molecule has 1 aromatic heterocycles. The van der Waals surface area contributed by atoms with Gasteiger partial charge in [-0.1, -0.05) is 6.07 Å². The Labute approximate surface area is 102 Å². The van der Waals surface area contributed by atoms with E-state index in [9.17, 15) is 0 Å². The lowest BCUT2D eigenvalue weighted by Crippen LogP contribution is -2.51. The van der Waals surface area contributed by atoms with E-state index in [4.69, 9.17) is 0 Å². The molecule has 2 atom stereocenters. The van der Waals surface area contributed by atoms with Crippen LogP contribution in [0, 0.1) is 5.92 Å². The molecule has 1 aromatic rings. The molecule has 2 unspecified atom stereocenters. The van der Waals surface area contributed by atoms with E-state index in [0.29, 0.717) is 0 Å². The maximum atomic E-state index is 3.68. The average Bonchev–Trinajstić information content (AvgIpc) is 2.82. The van der Waals surface area contributed by atoms with Crippen molar-refractivity contribution < 1.29 is 0 Å². The van der Waals surface area contributed by atoms with E-state index in [2.05, 4.69) is 27.7 Å². The van der Waals surface area contributed by atoms with E-state index < -0.39 is 0 Å². The van der Waals surface area contributed by atoms with Gasteiger partial charge in [0.05, 0.1) is 0 Å². The van der Waals surface area contributed by atoms with Crippen molar-refractivity contribution in [3.63, 3.8) is 0 Å². The molecule has 0 bridgehead atoms. The van der Waals surface area contributed by atoms with E-state index in [-0.39, 0.29) is 0 Å². The van der Waals surface area contributed by atoms with Crippen molar-refractivity contribution >= 4 is 11.3 Å². The lowest BCUT2D eigenvalue weighted by Gasteiger charge is -2.41. The van der Waals surface area contributed by atoms with Crippen molar-refractivity contribution in [3.05, 3.63) is 22.4 Å². The summed E-state index contributed by atoms with van der Waals surface area (Å²) in [6.07, 6.45) is 4.14. The number of rotatable bonds is 2. The zero-order valence-corrected chi connectivity index (χ0v) is 10.5. The summed E-state index contributed by atoms with van der Waals surface area (Å²) in [5, 5.41) is 5.86. The smallest absolute Gasteiger partial charge is 0.0328 e. The molecule has 0 saturated carbocycles. The quantitative estimate of drug-likeness (QED) is 0.848. The molecule has 1 N–H and O–H groups in total. The Bertz CT molecular complexity index is 323. The van der Waals surface area contributed by atoms with Crippen molar-refractivity contribution in [1.82, 2.24) is 10.2 Å². The van der Waals surface area contributed by atoms with Gasteiger partial charge in [0, 0.05) is 30.6 Å². The van der Waals surface area contributed by atoms with Crippen molar-refractivity contribution in [2.75, 3.05) is 19.6 Å². The third-order valence-corrected chi connectivity index (χ3v) is 4.80. The second-order valence-corrected chi connectivity index (χ2v) is 6.10. The van der Waals surface area contributed by atoms with Crippen molar-refractivity contribution in [1.29, 1.82) is 0 Å². The molecule has 2 aliphatic heterocycles. The van der Waals surface area contributed by atoms with Crippen LogP contribution in [0.25, 0.3) is 0 Å². The highest BCUT2D eigenvalue weighted by Gasteiger charge is 2.30. The van der Waals surface area contributed by atoms with Crippen LogP contribution in [0.5, 0.6) is 0 Å². The molecule has 3 heterocycles. The van der Waals surface area contributed by atoms with Gasteiger partial charge in [0.1, 0.15) is 0 Å². The maximum absolute atomic E-state index is 3.68. The first-order valence-electron chi connectivity index (χ1n) is 6.40. The second-order valence-electron chi connectivity index (χ2n) is 5.07. The molecule has 16 heavy (non-hydrogen) atoms. The van der Waals surface area contributed by atoms with Crippen molar-refractivity contribution in [3.8, 4) is 0 Å². The standard InChI is InChI=1S/C13H20N2S/c1-3-11-9-15(7-5-13(11)14-6-1)10-12-4-2-8-16-12/h2,4,8,11,13-14H,1,3,5-7,9-10H2. The van der Waals surface area contributed by atoms with Gasteiger partial charge in [-0.3, -0.25) is 4.90 Å². The number of hydrogen-bond donors (Lipinski definition) is 1. The van der Waals surface area contributed by atoms with Crippen LogP contribution >= 0.6 is 11.3 Å². The van der Waals surface area contributed by atoms with Crippen LogP contribution in [0.2, 0.25) is 0 Å². The highest BCUT2D eigenvalue weighted by molar-refractivity contribution is 7.09. The number of fused-ring (bicyclic) bond motifs is 1. The van der Waals surface area contributed by atoms with E-state index in [1.54, 1.807) is 0 Å². The molecule has 2 aliphatic rings. The fourth-order valence-electron chi connectivity index (χ4n) is 3.09. The van der Waals surface area contributed by atoms with Crippen LogP contribution in [-0.2, 0) is 6.54 Å². The molecule has 2 fully saturated rings. The molecular weight excluding hydrogens is 216 g/mol. The van der Waals surface area contributed by atoms with Crippen LogP contribution < -0.4 is 5.32 Å². The highest BCUT2D eigenvalue weighted by Crippen LogP contribution is 2.26. The fourth-order valence-corrected chi connectivity index (χ4v) is 3.83. The van der Waals surface area contributed by atoms with Gasteiger partial charge < -0.3 is 5.32 Å². The number of nitrogens with one attached hydrogen (secondary N) is 1. The molecule has 3 rings (SSSR count). The summed E-state index contributed by atoms with van der Waals surface area (Å²) in [6.45, 7) is 4.98. The third kappa shape index (κ3) is 2.31. The Kier molecular flexibility index (Phi) is 3.27. The summed E-state index contributed by atoms with van der Waals surface area (Å²) in [5.41, 5.74) is 0. The minimum absolute atomic E-state index is 0.813. The summed E-state index contributed by atoms with van der Waals surface area (Å²) < 4.78 is 0. The first-order chi connectivity index (χ1) is 7.92. The molecular formula is C13H20N2S.